The van der Waals surface area contributed by atoms with Crippen LogP contribution in [0.1, 0.15) is 5.56 Å². The number of halogens is 1. The fourth-order valence-electron chi connectivity index (χ4n) is 3.50. The number of methoxy groups -OCH3 is 1. The van der Waals surface area contributed by atoms with Crippen LogP contribution in [0.4, 0.5) is 20.6 Å². The predicted octanol–water partition coefficient (Wildman–Crippen LogP) is 2.34. The molecule has 2 aromatic rings. The monoisotopic (exact) mass is 425 g/mol. The van der Waals surface area contributed by atoms with Crippen molar-refractivity contribution in [1.29, 1.82) is 0 Å². The molecule has 2 saturated heterocycles. The molecule has 0 unspecified atom stereocenters. The van der Waals surface area contributed by atoms with Crippen molar-refractivity contribution in [3.8, 4) is 5.75 Å². The molecule has 2 aromatic carbocycles. The van der Waals surface area contributed by atoms with Crippen LogP contribution >= 0.6 is 0 Å². The minimum atomic E-state index is -1.01. The van der Waals surface area contributed by atoms with Crippen LogP contribution in [0.5, 0.6) is 5.75 Å². The molecule has 2 fully saturated rings. The molecule has 4 amide bonds. The van der Waals surface area contributed by atoms with Crippen LogP contribution in [0.25, 0.3) is 6.08 Å². The fourth-order valence-corrected chi connectivity index (χ4v) is 3.50. The van der Waals surface area contributed by atoms with Gasteiger partial charge in [-0.1, -0.05) is 12.1 Å². The van der Waals surface area contributed by atoms with E-state index in [4.69, 9.17) is 9.47 Å². The van der Waals surface area contributed by atoms with Crippen molar-refractivity contribution in [2.75, 3.05) is 43.2 Å². The number of carbonyl (C=O) groups is 3. The number of morpholine rings is 1. The van der Waals surface area contributed by atoms with Gasteiger partial charge in [0.2, 0.25) is 0 Å². The Morgan fingerprint density at radius 1 is 1.10 bits per heavy atom. The molecular formula is C22H20FN3O5. The average Bonchev–Trinajstić information content (AvgIpc) is 2.78. The van der Waals surface area contributed by atoms with Crippen molar-refractivity contribution in [3.63, 3.8) is 0 Å². The lowest BCUT2D eigenvalue weighted by Crippen LogP contribution is -2.54. The van der Waals surface area contributed by atoms with Crippen molar-refractivity contribution >= 4 is 35.3 Å². The van der Waals surface area contributed by atoms with E-state index in [0.717, 1.165) is 24.8 Å². The summed E-state index contributed by atoms with van der Waals surface area (Å²) in [7, 11) is 1.48. The van der Waals surface area contributed by atoms with Gasteiger partial charge in [0.05, 0.1) is 26.0 Å². The topological polar surface area (TPSA) is 88.2 Å². The summed E-state index contributed by atoms with van der Waals surface area (Å²) in [5, 5.41) is 2.09. The number of carbonyl (C=O) groups excluding carboxylic acids is 3. The number of urea groups is 1. The highest BCUT2D eigenvalue weighted by molar-refractivity contribution is 6.39. The van der Waals surface area contributed by atoms with E-state index in [1.165, 1.54) is 31.4 Å². The molecule has 8 nitrogen and oxygen atoms in total. The summed E-state index contributed by atoms with van der Waals surface area (Å²) in [5.41, 5.74) is 0.851. The first-order chi connectivity index (χ1) is 15.0. The normalized spacial score (nSPS) is 18.4. The van der Waals surface area contributed by atoms with Gasteiger partial charge in [-0.05, 0) is 30.3 Å². The molecule has 160 valence electrons. The largest absolute Gasteiger partial charge is 0.496 e. The van der Waals surface area contributed by atoms with Gasteiger partial charge in [0.15, 0.2) is 0 Å². The van der Waals surface area contributed by atoms with E-state index in [9.17, 15) is 18.8 Å². The first kappa shape index (κ1) is 20.5. The third kappa shape index (κ3) is 3.99. The minimum Gasteiger partial charge on any atom is -0.496 e. The number of rotatable bonds is 4. The van der Waals surface area contributed by atoms with Gasteiger partial charge in [-0.25, -0.2) is 14.1 Å². The van der Waals surface area contributed by atoms with E-state index < -0.39 is 23.7 Å². The zero-order valence-electron chi connectivity index (χ0n) is 16.8. The maximum atomic E-state index is 14.2. The zero-order valence-corrected chi connectivity index (χ0v) is 16.8. The lowest BCUT2D eigenvalue weighted by molar-refractivity contribution is -0.122. The third-order valence-corrected chi connectivity index (χ3v) is 5.09. The van der Waals surface area contributed by atoms with Crippen LogP contribution in [0, 0.1) is 5.82 Å². The highest BCUT2D eigenvalue weighted by atomic mass is 19.1. The highest BCUT2D eigenvalue weighted by Gasteiger charge is 2.38. The fraction of sp³-hybridized carbons (Fsp3) is 0.227. The van der Waals surface area contributed by atoms with Crippen LogP contribution in [0.2, 0.25) is 0 Å². The standard InChI is InChI=1S/C22H20FN3O5/c1-30-19-13-15(25-8-10-31-11-9-25)7-6-14(19)12-16-20(27)24-22(29)26(21(16)28)18-5-3-2-4-17(18)23/h2-7,12-13H,8-11H2,1H3,(H,24,27,29)/b16-12+. The van der Waals surface area contributed by atoms with Crippen LogP contribution < -0.4 is 19.9 Å². The summed E-state index contributed by atoms with van der Waals surface area (Å²) in [4.78, 5) is 40.3. The van der Waals surface area contributed by atoms with Crippen molar-refractivity contribution < 1.29 is 28.2 Å². The Morgan fingerprint density at radius 3 is 2.55 bits per heavy atom. The maximum Gasteiger partial charge on any atom is 0.336 e. The number of benzene rings is 2. The Labute approximate surface area is 177 Å². The highest BCUT2D eigenvalue weighted by Crippen LogP contribution is 2.30. The molecule has 9 heteroatoms. The second-order valence-electron chi connectivity index (χ2n) is 6.93. The second kappa shape index (κ2) is 8.57. The van der Waals surface area contributed by atoms with E-state index in [1.807, 2.05) is 12.1 Å². The molecule has 31 heavy (non-hydrogen) atoms. The van der Waals surface area contributed by atoms with Gasteiger partial charge in [0.25, 0.3) is 11.8 Å². The number of anilines is 2. The minimum absolute atomic E-state index is 0.238. The summed E-state index contributed by atoms with van der Waals surface area (Å²) in [6.07, 6.45) is 1.33. The van der Waals surface area contributed by atoms with Gasteiger partial charge < -0.3 is 14.4 Å². The molecule has 0 saturated carbocycles. The summed E-state index contributed by atoms with van der Waals surface area (Å²) in [6, 6.07) is 9.72. The Hall–Kier alpha value is -3.72. The van der Waals surface area contributed by atoms with Gasteiger partial charge in [-0.3, -0.25) is 14.9 Å². The molecule has 0 aliphatic carbocycles. The molecule has 2 aliphatic rings. The molecule has 4 rings (SSSR count). The van der Waals surface area contributed by atoms with Crippen LogP contribution in [-0.4, -0.2) is 51.3 Å². The maximum absolute atomic E-state index is 14.2. The number of barbiturate groups is 1. The van der Waals surface area contributed by atoms with Gasteiger partial charge >= 0.3 is 6.03 Å². The molecule has 2 aliphatic heterocycles. The third-order valence-electron chi connectivity index (χ3n) is 5.09. The molecule has 0 spiro atoms. The van der Waals surface area contributed by atoms with Gasteiger partial charge in [-0.15, -0.1) is 0 Å². The van der Waals surface area contributed by atoms with E-state index in [2.05, 4.69) is 10.2 Å². The number of nitrogens with zero attached hydrogens (tertiary/aromatic N) is 2. The molecular weight excluding hydrogens is 405 g/mol. The Bertz CT molecular complexity index is 1080. The molecule has 0 bridgehead atoms. The first-order valence-electron chi connectivity index (χ1n) is 9.66. The van der Waals surface area contributed by atoms with Crippen molar-refractivity contribution in [2.24, 2.45) is 0 Å². The smallest absolute Gasteiger partial charge is 0.336 e. The predicted molar refractivity (Wildman–Crippen MR) is 111 cm³/mol. The Balaban J connectivity index is 1.69. The van der Waals surface area contributed by atoms with Crippen LogP contribution in [0.15, 0.2) is 48.0 Å². The average molecular weight is 425 g/mol. The summed E-state index contributed by atoms with van der Waals surface area (Å²) >= 11 is 0. The van der Waals surface area contributed by atoms with Gasteiger partial charge in [0, 0.05) is 30.4 Å². The van der Waals surface area contributed by atoms with Gasteiger partial charge in [-0.2, -0.15) is 0 Å². The second-order valence-corrected chi connectivity index (χ2v) is 6.93. The van der Waals surface area contributed by atoms with E-state index in [1.54, 1.807) is 6.07 Å². The summed E-state index contributed by atoms with van der Waals surface area (Å²) < 4.78 is 25.0. The number of hydrogen-bond acceptors (Lipinski definition) is 6. The molecule has 0 aromatic heterocycles. The van der Waals surface area contributed by atoms with Crippen molar-refractivity contribution in [2.45, 2.75) is 0 Å². The Kier molecular flexibility index (Phi) is 5.68. The molecule has 2 heterocycles. The SMILES string of the molecule is COc1cc(N2CCOCC2)ccc1/C=C1\C(=O)NC(=O)N(c2ccccc2F)C1=O. The summed E-state index contributed by atoms with van der Waals surface area (Å²) in [5.74, 6) is -2.08. The first-order valence-corrected chi connectivity index (χ1v) is 9.66. The number of ether oxygens (including phenoxy) is 2. The summed E-state index contributed by atoms with van der Waals surface area (Å²) in [6.45, 7) is 2.74. The van der Waals surface area contributed by atoms with E-state index in [-0.39, 0.29) is 11.3 Å². The van der Waals surface area contributed by atoms with Crippen molar-refractivity contribution in [1.82, 2.24) is 5.32 Å². The number of amides is 4. The zero-order chi connectivity index (χ0) is 22.0. The molecule has 0 radical (unpaired) electrons. The van der Waals surface area contributed by atoms with Gasteiger partial charge in [0.1, 0.15) is 17.1 Å². The number of imide groups is 2. The van der Waals surface area contributed by atoms with E-state index >= 15 is 0 Å². The number of para-hydroxylation sites is 1. The quantitative estimate of drug-likeness (QED) is 0.598. The van der Waals surface area contributed by atoms with Crippen LogP contribution in [-0.2, 0) is 14.3 Å². The lowest BCUT2D eigenvalue weighted by atomic mass is 10.0. The van der Waals surface area contributed by atoms with Crippen LogP contribution in [0.3, 0.4) is 0 Å². The molecule has 1 N–H and O–H groups in total. The van der Waals surface area contributed by atoms with Crippen molar-refractivity contribution in [3.05, 3.63) is 59.4 Å². The number of nitrogens with one attached hydrogen (secondary N) is 1. The lowest BCUT2D eigenvalue weighted by Gasteiger charge is -2.29. The Morgan fingerprint density at radius 2 is 1.84 bits per heavy atom. The molecule has 0 atom stereocenters. The number of hydrogen-bond donors (Lipinski definition) is 1. The van der Waals surface area contributed by atoms with E-state index in [0.29, 0.717) is 29.4 Å².